The zero-order valence-electron chi connectivity index (χ0n) is 12.1. The second-order valence-electron chi connectivity index (χ2n) is 4.46. The standard InChI is InChI=1S/C14H21N3O4/c1-15-4-7-19-11-14(10-18,12-20-8-5-16-2)13-21-9-6-17-3/h18H,4-13H2. The van der Waals surface area contributed by atoms with E-state index in [0.29, 0.717) is 0 Å². The van der Waals surface area contributed by atoms with Crippen LogP contribution < -0.4 is 0 Å². The van der Waals surface area contributed by atoms with Crippen LogP contribution in [0.2, 0.25) is 0 Å². The van der Waals surface area contributed by atoms with Crippen LogP contribution in [-0.4, -0.2) is 71.0 Å². The molecule has 7 heteroatoms. The fourth-order valence-corrected chi connectivity index (χ4v) is 1.46. The van der Waals surface area contributed by atoms with Crippen molar-refractivity contribution in [1.82, 2.24) is 0 Å². The Hall–Kier alpha value is -1.69. The lowest BCUT2D eigenvalue weighted by molar-refractivity contribution is -0.0885. The van der Waals surface area contributed by atoms with E-state index in [2.05, 4.69) is 14.5 Å². The van der Waals surface area contributed by atoms with Crippen molar-refractivity contribution in [2.24, 2.45) is 5.41 Å². The molecule has 0 aromatic carbocycles. The first-order chi connectivity index (χ1) is 10.2. The van der Waals surface area contributed by atoms with E-state index in [1.165, 1.54) is 0 Å². The number of hydrogen-bond donors (Lipinski definition) is 1. The van der Waals surface area contributed by atoms with E-state index in [4.69, 9.17) is 33.9 Å². The third-order valence-corrected chi connectivity index (χ3v) is 2.60. The summed E-state index contributed by atoms with van der Waals surface area (Å²) in [6, 6.07) is 0. The van der Waals surface area contributed by atoms with Crippen LogP contribution in [0, 0.1) is 25.1 Å². The van der Waals surface area contributed by atoms with E-state index in [1.54, 1.807) is 0 Å². The van der Waals surface area contributed by atoms with Gasteiger partial charge in [-0.2, -0.15) is 0 Å². The SMILES string of the molecule is [C-]#[N+]CCOCC(CO)(COCC[N+]#[C-])COCC[N+]#[C-]. The highest BCUT2D eigenvalue weighted by Crippen LogP contribution is 2.19. The number of hydrogen-bond acceptors (Lipinski definition) is 4. The molecule has 0 rings (SSSR count). The molecule has 1 N–H and O–H groups in total. The fourth-order valence-electron chi connectivity index (χ4n) is 1.46. The van der Waals surface area contributed by atoms with E-state index in [0.717, 1.165) is 0 Å². The predicted octanol–water partition coefficient (Wildman–Crippen LogP) is 0.773. The molecular formula is C14H21N3O4. The van der Waals surface area contributed by atoms with Crippen LogP contribution in [-0.2, 0) is 14.2 Å². The molecule has 0 spiro atoms. The van der Waals surface area contributed by atoms with Gasteiger partial charge in [-0.25, -0.2) is 19.7 Å². The summed E-state index contributed by atoms with van der Waals surface area (Å²) in [6.45, 7) is 22.1. The van der Waals surface area contributed by atoms with E-state index in [1.807, 2.05) is 0 Å². The molecular weight excluding hydrogens is 274 g/mol. The summed E-state index contributed by atoms with van der Waals surface area (Å²) in [5.74, 6) is 0. The first-order valence-electron chi connectivity index (χ1n) is 6.58. The summed E-state index contributed by atoms with van der Waals surface area (Å²) in [5.41, 5.74) is -0.730. The highest BCUT2D eigenvalue weighted by molar-refractivity contribution is 4.79. The fraction of sp³-hybridized carbons (Fsp3) is 0.786. The molecule has 7 nitrogen and oxygen atoms in total. The maximum atomic E-state index is 9.62. The number of aliphatic hydroxyl groups is 1. The molecule has 0 fully saturated rings. The molecule has 0 amide bonds. The minimum absolute atomic E-state index is 0.193. The third kappa shape index (κ3) is 9.79. The minimum atomic E-state index is -0.730. The summed E-state index contributed by atoms with van der Waals surface area (Å²) < 4.78 is 16.2. The van der Waals surface area contributed by atoms with E-state index < -0.39 is 5.41 Å². The summed E-state index contributed by atoms with van der Waals surface area (Å²) in [4.78, 5) is 9.56. The van der Waals surface area contributed by atoms with Gasteiger partial charge in [-0.3, -0.25) is 0 Å². The lowest BCUT2D eigenvalue weighted by Crippen LogP contribution is -2.41. The van der Waals surface area contributed by atoms with Gasteiger partial charge in [-0.1, -0.05) is 0 Å². The molecule has 0 heterocycles. The van der Waals surface area contributed by atoms with Crippen molar-refractivity contribution in [2.45, 2.75) is 0 Å². The van der Waals surface area contributed by atoms with Crippen molar-refractivity contribution in [2.75, 3.05) is 65.9 Å². The maximum Gasteiger partial charge on any atom is 0.237 e. The number of aliphatic hydroxyl groups excluding tert-OH is 1. The zero-order valence-corrected chi connectivity index (χ0v) is 12.1. The van der Waals surface area contributed by atoms with Crippen LogP contribution in [0.4, 0.5) is 0 Å². The lowest BCUT2D eigenvalue weighted by Gasteiger charge is -2.30. The topological polar surface area (TPSA) is 61.0 Å². The Balaban J connectivity index is 4.34. The quantitative estimate of drug-likeness (QED) is 0.403. The molecule has 0 unspecified atom stereocenters. The Morgan fingerprint density at radius 2 is 1.05 bits per heavy atom. The molecule has 0 aromatic rings. The van der Waals surface area contributed by atoms with Crippen molar-refractivity contribution in [3.8, 4) is 0 Å². The van der Waals surface area contributed by atoms with Gasteiger partial charge in [0.05, 0.1) is 31.8 Å². The Bertz CT molecular complexity index is 326. The van der Waals surface area contributed by atoms with E-state index in [9.17, 15) is 5.11 Å². The highest BCUT2D eigenvalue weighted by Gasteiger charge is 2.31. The summed E-state index contributed by atoms with van der Waals surface area (Å²) in [6.07, 6.45) is 0. The molecule has 0 aromatic heterocycles. The molecule has 0 bridgehead atoms. The van der Waals surface area contributed by atoms with Crippen LogP contribution in [0.25, 0.3) is 14.5 Å². The lowest BCUT2D eigenvalue weighted by atomic mass is 9.92. The van der Waals surface area contributed by atoms with Crippen LogP contribution in [0.5, 0.6) is 0 Å². The Morgan fingerprint density at radius 1 is 0.714 bits per heavy atom. The Morgan fingerprint density at radius 3 is 1.29 bits per heavy atom. The summed E-state index contributed by atoms with van der Waals surface area (Å²) >= 11 is 0. The zero-order chi connectivity index (χ0) is 15.8. The number of ether oxygens (including phenoxy) is 3. The van der Waals surface area contributed by atoms with Gasteiger partial charge < -0.3 is 33.9 Å². The molecule has 0 aliphatic heterocycles. The van der Waals surface area contributed by atoms with Gasteiger partial charge in [-0.05, 0) is 0 Å². The summed E-state index contributed by atoms with van der Waals surface area (Å²) in [7, 11) is 0. The first kappa shape index (κ1) is 19.3. The monoisotopic (exact) mass is 295 g/mol. The van der Waals surface area contributed by atoms with Gasteiger partial charge in [0.15, 0.2) is 0 Å². The minimum Gasteiger partial charge on any atom is -0.396 e. The van der Waals surface area contributed by atoms with Crippen LogP contribution in [0.3, 0.4) is 0 Å². The number of rotatable bonds is 13. The van der Waals surface area contributed by atoms with Crippen molar-refractivity contribution in [3.63, 3.8) is 0 Å². The van der Waals surface area contributed by atoms with Crippen LogP contribution in [0.1, 0.15) is 0 Å². The molecule has 0 aliphatic rings. The maximum absolute atomic E-state index is 9.62. The van der Waals surface area contributed by atoms with Gasteiger partial charge in [0, 0.05) is 0 Å². The normalized spacial score (nSPS) is 10.6. The highest BCUT2D eigenvalue weighted by atomic mass is 16.5. The van der Waals surface area contributed by atoms with E-state index in [-0.39, 0.29) is 65.9 Å². The smallest absolute Gasteiger partial charge is 0.237 e. The van der Waals surface area contributed by atoms with Gasteiger partial charge in [-0.15, -0.1) is 0 Å². The van der Waals surface area contributed by atoms with Crippen molar-refractivity contribution in [3.05, 3.63) is 34.3 Å². The summed E-state index contributed by atoms with van der Waals surface area (Å²) in [5, 5.41) is 9.62. The Labute approximate surface area is 125 Å². The Kier molecular flexibility index (Phi) is 12.2. The largest absolute Gasteiger partial charge is 0.396 e. The second-order valence-corrected chi connectivity index (χ2v) is 4.46. The molecule has 0 atom stereocenters. The van der Waals surface area contributed by atoms with Gasteiger partial charge in [0.25, 0.3) is 0 Å². The van der Waals surface area contributed by atoms with Crippen molar-refractivity contribution in [1.29, 1.82) is 0 Å². The van der Waals surface area contributed by atoms with Gasteiger partial charge >= 0.3 is 0 Å². The molecule has 0 saturated carbocycles. The van der Waals surface area contributed by atoms with Gasteiger partial charge in [0.2, 0.25) is 19.6 Å². The average Bonchev–Trinajstić information content (AvgIpc) is 2.51. The van der Waals surface area contributed by atoms with E-state index >= 15 is 0 Å². The predicted molar refractivity (Wildman–Crippen MR) is 76.4 cm³/mol. The third-order valence-electron chi connectivity index (χ3n) is 2.60. The van der Waals surface area contributed by atoms with Crippen molar-refractivity contribution < 1.29 is 19.3 Å². The molecule has 0 aliphatic carbocycles. The van der Waals surface area contributed by atoms with Crippen LogP contribution in [0.15, 0.2) is 0 Å². The molecule has 0 radical (unpaired) electrons. The average molecular weight is 295 g/mol. The molecule has 21 heavy (non-hydrogen) atoms. The molecule has 116 valence electrons. The molecule has 0 saturated heterocycles. The first-order valence-corrected chi connectivity index (χ1v) is 6.58. The number of nitrogens with zero attached hydrogens (tertiary/aromatic N) is 3. The second kappa shape index (κ2) is 13.3. The van der Waals surface area contributed by atoms with Crippen LogP contribution >= 0.6 is 0 Å². The van der Waals surface area contributed by atoms with Gasteiger partial charge in [0.1, 0.15) is 19.8 Å². The van der Waals surface area contributed by atoms with Crippen molar-refractivity contribution >= 4 is 0 Å².